The molecular weight excluding hydrogens is 310 g/mol. The van der Waals surface area contributed by atoms with E-state index in [-0.39, 0.29) is 18.2 Å². The van der Waals surface area contributed by atoms with E-state index >= 15 is 0 Å². The largest absolute Gasteiger partial charge is 0.335 e. The lowest BCUT2D eigenvalue weighted by Crippen LogP contribution is -2.60. The Morgan fingerprint density at radius 1 is 1.00 bits per heavy atom. The van der Waals surface area contributed by atoms with Crippen molar-refractivity contribution in [2.24, 2.45) is 0 Å². The van der Waals surface area contributed by atoms with Crippen LogP contribution in [-0.4, -0.2) is 36.2 Å². The lowest BCUT2D eigenvalue weighted by atomic mass is 10.0. The zero-order chi connectivity index (χ0) is 18.0. The Balaban J connectivity index is 2.10. The molecule has 0 fully saturated rings. The molecule has 1 amide bonds. The Labute approximate surface area is 150 Å². The van der Waals surface area contributed by atoms with Gasteiger partial charge in [-0.3, -0.25) is 14.6 Å². The SMILES string of the molecule is CCN(CC)C(C)N1c2ccccc2C(=O)N(c2ccccc2)C1C. The predicted octanol–water partition coefficient (Wildman–Crippen LogP) is 4.19. The van der Waals surface area contributed by atoms with Gasteiger partial charge in [-0.25, -0.2) is 0 Å². The smallest absolute Gasteiger partial charge is 0.262 e. The van der Waals surface area contributed by atoms with E-state index in [9.17, 15) is 4.79 Å². The zero-order valence-corrected chi connectivity index (χ0v) is 15.5. The molecule has 2 unspecified atom stereocenters. The molecule has 0 saturated heterocycles. The van der Waals surface area contributed by atoms with Crippen molar-refractivity contribution >= 4 is 17.3 Å². The molecule has 2 atom stereocenters. The summed E-state index contributed by atoms with van der Waals surface area (Å²) in [5.74, 6) is 0.0669. The fraction of sp³-hybridized carbons (Fsp3) is 0.381. The molecule has 3 rings (SSSR count). The highest BCUT2D eigenvalue weighted by Crippen LogP contribution is 2.35. The maximum atomic E-state index is 13.2. The molecule has 0 bridgehead atoms. The number of hydrogen-bond donors (Lipinski definition) is 0. The van der Waals surface area contributed by atoms with Crippen molar-refractivity contribution in [3.63, 3.8) is 0 Å². The molecule has 1 heterocycles. The summed E-state index contributed by atoms with van der Waals surface area (Å²) in [4.78, 5) is 19.9. The first kappa shape index (κ1) is 17.5. The number of carbonyl (C=O) groups is 1. The minimum absolute atomic E-state index is 0.0552. The van der Waals surface area contributed by atoms with Gasteiger partial charge in [-0.1, -0.05) is 44.2 Å². The van der Waals surface area contributed by atoms with Crippen molar-refractivity contribution in [3.8, 4) is 0 Å². The monoisotopic (exact) mass is 337 g/mol. The maximum absolute atomic E-state index is 13.2. The van der Waals surface area contributed by atoms with Gasteiger partial charge in [0, 0.05) is 5.69 Å². The van der Waals surface area contributed by atoms with E-state index in [1.165, 1.54) is 0 Å². The van der Waals surface area contributed by atoms with Gasteiger partial charge in [-0.05, 0) is 51.2 Å². The summed E-state index contributed by atoms with van der Waals surface area (Å²) in [6.45, 7) is 10.6. The molecule has 132 valence electrons. The van der Waals surface area contributed by atoms with Gasteiger partial charge < -0.3 is 4.90 Å². The van der Waals surface area contributed by atoms with Crippen LogP contribution < -0.4 is 9.80 Å². The third-order valence-corrected chi connectivity index (χ3v) is 5.19. The van der Waals surface area contributed by atoms with E-state index in [1.54, 1.807) is 0 Å². The number of anilines is 2. The highest BCUT2D eigenvalue weighted by Gasteiger charge is 2.38. The first-order valence-corrected chi connectivity index (χ1v) is 9.10. The Hall–Kier alpha value is -2.33. The van der Waals surface area contributed by atoms with E-state index < -0.39 is 0 Å². The fourth-order valence-electron chi connectivity index (χ4n) is 3.87. The van der Waals surface area contributed by atoms with Gasteiger partial charge in [0.25, 0.3) is 5.91 Å². The van der Waals surface area contributed by atoms with Crippen molar-refractivity contribution in [2.45, 2.75) is 40.0 Å². The summed E-state index contributed by atoms with van der Waals surface area (Å²) in [6, 6.07) is 17.9. The molecule has 0 spiro atoms. The normalized spacial score (nSPS) is 18.4. The van der Waals surface area contributed by atoms with Gasteiger partial charge in [-0.15, -0.1) is 0 Å². The minimum atomic E-state index is -0.0552. The molecule has 1 aliphatic heterocycles. The molecule has 4 nitrogen and oxygen atoms in total. The summed E-state index contributed by atoms with van der Waals surface area (Å²) >= 11 is 0. The lowest BCUT2D eigenvalue weighted by molar-refractivity contribution is 0.0962. The van der Waals surface area contributed by atoms with Crippen LogP contribution in [0.4, 0.5) is 11.4 Å². The number of amides is 1. The third kappa shape index (κ3) is 3.02. The molecule has 0 aliphatic carbocycles. The van der Waals surface area contributed by atoms with Crippen molar-refractivity contribution < 1.29 is 4.79 Å². The first-order valence-electron chi connectivity index (χ1n) is 9.10. The van der Waals surface area contributed by atoms with Crippen LogP contribution in [0.15, 0.2) is 54.6 Å². The van der Waals surface area contributed by atoms with Gasteiger partial charge in [0.15, 0.2) is 0 Å². The second kappa shape index (κ2) is 7.28. The Morgan fingerprint density at radius 2 is 1.60 bits per heavy atom. The summed E-state index contributed by atoms with van der Waals surface area (Å²) in [5, 5.41) is 0. The van der Waals surface area contributed by atoms with Crippen LogP contribution in [0.5, 0.6) is 0 Å². The molecule has 2 aromatic rings. The second-order valence-electron chi connectivity index (χ2n) is 6.42. The lowest BCUT2D eigenvalue weighted by Gasteiger charge is -2.49. The summed E-state index contributed by atoms with van der Waals surface area (Å²) in [6.07, 6.45) is 0.144. The number of fused-ring (bicyclic) bond motifs is 1. The predicted molar refractivity (Wildman–Crippen MR) is 104 cm³/mol. The molecule has 25 heavy (non-hydrogen) atoms. The summed E-state index contributed by atoms with van der Waals surface area (Å²) in [5.41, 5.74) is 2.72. The standard InChI is InChI=1S/C21H27N3O/c1-5-22(6-2)16(3)23-17(4)24(18-12-8-7-9-13-18)21(25)19-14-10-11-15-20(19)23/h7-17H,5-6H2,1-4H3. The quantitative estimate of drug-likeness (QED) is 0.818. The van der Waals surface area contributed by atoms with Gasteiger partial charge >= 0.3 is 0 Å². The molecule has 4 heteroatoms. The molecule has 0 N–H and O–H groups in total. The summed E-state index contributed by atoms with van der Waals surface area (Å²) < 4.78 is 0. The molecule has 2 aromatic carbocycles. The highest BCUT2D eigenvalue weighted by atomic mass is 16.2. The van der Waals surface area contributed by atoms with E-state index in [1.807, 2.05) is 53.4 Å². The van der Waals surface area contributed by atoms with E-state index in [2.05, 4.69) is 43.6 Å². The van der Waals surface area contributed by atoms with Crippen LogP contribution in [-0.2, 0) is 0 Å². The van der Waals surface area contributed by atoms with Crippen molar-refractivity contribution in [3.05, 3.63) is 60.2 Å². The first-order chi connectivity index (χ1) is 12.1. The average Bonchev–Trinajstić information content (AvgIpc) is 2.64. The minimum Gasteiger partial charge on any atom is -0.335 e. The average molecular weight is 337 g/mol. The number of para-hydroxylation sites is 2. The van der Waals surface area contributed by atoms with Crippen LogP contribution in [0, 0.1) is 0 Å². The van der Waals surface area contributed by atoms with E-state index in [4.69, 9.17) is 0 Å². The van der Waals surface area contributed by atoms with Gasteiger partial charge in [-0.2, -0.15) is 0 Å². The molecule has 0 saturated carbocycles. The van der Waals surface area contributed by atoms with Gasteiger partial charge in [0.2, 0.25) is 0 Å². The molecule has 0 aromatic heterocycles. The Bertz CT molecular complexity index is 727. The molecular formula is C21H27N3O. The Morgan fingerprint density at radius 3 is 2.24 bits per heavy atom. The van der Waals surface area contributed by atoms with Gasteiger partial charge in [0.05, 0.1) is 17.4 Å². The summed E-state index contributed by atoms with van der Waals surface area (Å²) in [7, 11) is 0. The van der Waals surface area contributed by atoms with E-state index in [0.717, 1.165) is 30.0 Å². The topological polar surface area (TPSA) is 26.8 Å². The van der Waals surface area contributed by atoms with Crippen molar-refractivity contribution in [1.82, 2.24) is 4.90 Å². The number of carbonyl (C=O) groups excluding carboxylic acids is 1. The zero-order valence-electron chi connectivity index (χ0n) is 15.5. The van der Waals surface area contributed by atoms with Crippen LogP contribution >= 0.6 is 0 Å². The third-order valence-electron chi connectivity index (χ3n) is 5.19. The van der Waals surface area contributed by atoms with Crippen molar-refractivity contribution in [2.75, 3.05) is 22.9 Å². The maximum Gasteiger partial charge on any atom is 0.262 e. The Kier molecular flexibility index (Phi) is 5.09. The second-order valence-corrected chi connectivity index (χ2v) is 6.42. The number of hydrogen-bond acceptors (Lipinski definition) is 3. The van der Waals surface area contributed by atoms with Gasteiger partial charge in [0.1, 0.15) is 6.17 Å². The van der Waals surface area contributed by atoms with Crippen molar-refractivity contribution in [1.29, 1.82) is 0 Å². The van der Waals surface area contributed by atoms with Crippen LogP contribution in [0.2, 0.25) is 0 Å². The van der Waals surface area contributed by atoms with Crippen LogP contribution in [0.1, 0.15) is 38.1 Å². The highest BCUT2D eigenvalue weighted by molar-refractivity contribution is 6.12. The van der Waals surface area contributed by atoms with E-state index in [0.29, 0.717) is 0 Å². The number of rotatable bonds is 5. The number of benzene rings is 2. The number of nitrogens with zero attached hydrogens (tertiary/aromatic N) is 3. The molecule has 1 aliphatic rings. The molecule has 0 radical (unpaired) electrons. The van der Waals surface area contributed by atoms with Crippen LogP contribution in [0.3, 0.4) is 0 Å². The fourth-order valence-corrected chi connectivity index (χ4v) is 3.87. The van der Waals surface area contributed by atoms with Crippen LogP contribution in [0.25, 0.3) is 0 Å².